The summed E-state index contributed by atoms with van der Waals surface area (Å²) >= 11 is 0. The lowest BCUT2D eigenvalue weighted by molar-refractivity contribution is 0.165. The van der Waals surface area contributed by atoms with Crippen LogP contribution in [0.25, 0.3) is 10.9 Å². The highest BCUT2D eigenvalue weighted by molar-refractivity contribution is 7.89. The fraction of sp³-hybridized carbons (Fsp3) is 0.368. The number of likely N-dealkylation sites (tertiary alicyclic amines) is 1. The average molecular weight is 386 g/mol. The van der Waals surface area contributed by atoms with E-state index in [2.05, 4.69) is 19.8 Å². The van der Waals surface area contributed by atoms with Gasteiger partial charge in [-0.1, -0.05) is 23.4 Å². The maximum atomic E-state index is 12.8. The van der Waals surface area contributed by atoms with Gasteiger partial charge in [0.05, 0.1) is 11.2 Å². The van der Waals surface area contributed by atoms with Crippen molar-refractivity contribution in [1.82, 2.24) is 19.8 Å². The predicted molar refractivity (Wildman–Crippen MR) is 101 cm³/mol. The summed E-state index contributed by atoms with van der Waals surface area (Å²) in [5, 5.41) is 4.77. The summed E-state index contributed by atoms with van der Waals surface area (Å²) < 4.78 is 33.4. The number of hydrogen-bond acceptors (Lipinski definition) is 6. The molecule has 1 aliphatic rings. The van der Waals surface area contributed by atoms with Gasteiger partial charge in [0.15, 0.2) is 0 Å². The maximum absolute atomic E-state index is 12.8. The SMILES string of the molecule is O=S(=O)(NCC1CCCN(Cc2ccon2)C1)c1cccc2cccnc12. The van der Waals surface area contributed by atoms with Crippen LogP contribution >= 0.6 is 0 Å². The second-order valence-electron chi connectivity index (χ2n) is 6.92. The Hall–Kier alpha value is -2.29. The molecule has 1 unspecified atom stereocenters. The summed E-state index contributed by atoms with van der Waals surface area (Å²) in [5.74, 6) is 0.267. The van der Waals surface area contributed by atoms with Crippen LogP contribution in [0.3, 0.4) is 0 Å². The zero-order valence-electron chi connectivity index (χ0n) is 14.9. The van der Waals surface area contributed by atoms with Crippen LogP contribution in [0.4, 0.5) is 0 Å². The zero-order chi connectivity index (χ0) is 18.7. The van der Waals surface area contributed by atoms with Crippen molar-refractivity contribution in [3.63, 3.8) is 0 Å². The smallest absolute Gasteiger partial charge is 0.242 e. The molecule has 0 saturated carbocycles. The Labute approximate surface area is 158 Å². The number of piperidine rings is 1. The van der Waals surface area contributed by atoms with Crippen LogP contribution in [-0.4, -0.2) is 43.1 Å². The van der Waals surface area contributed by atoms with Crippen LogP contribution < -0.4 is 4.72 Å². The van der Waals surface area contributed by atoms with E-state index >= 15 is 0 Å². The second kappa shape index (κ2) is 7.75. The first-order chi connectivity index (χ1) is 13.1. The molecule has 0 aliphatic carbocycles. The van der Waals surface area contributed by atoms with Crippen molar-refractivity contribution in [2.45, 2.75) is 24.3 Å². The number of nitrogens with one attached hydrogen (secondary N) is 1. The van der Waals surface area contributed by atoms with Gasteiger partial charge in [0, 0.05) is 37.3 Å². The molecule has 1 aromatic carbocycles. The van der Waals surface area contributed by atoms with E-state index in [0.29, 0.717) is 12.1 Å². The molecule has 2 aromatic heterocycles. The summed E-state index contributed by atoms with van der Waals surface area (Å²) in [6, 6.07) is 10.8. The highest BCUT2D eigenvalue weighted by Gasteiger charge is 2.24. The van der Waals surface area contributed by atoms with Gasteiger partial charge in [-0.05, 0) is 37.4 Å². The third-order valence-electron chi connectivity index (χ3n) is 4.93. The molecule has 1 fully saturated rings. The van der Waals surface area contributed by atoms with E-state index in [-0.39, 0.29) is 10.8 Å². The number of para-hydroxylation sites is 1. The fourth-order valence-electron chi connectivity index (χ4n) is 3.61. The molecule has 4 rings (SSSR count). The van der Waals surface area contributed by atoms with Crippen molar-refractivity contribution in [3.8, 4) is 0 Å². The molecule has 3 aromatic rings. The molecule has 27 heavy (non-hydrogen) atoms. The van der Waals surface area contributed by atoms with E-state index < -0.39 is 10.0 Å². The largest absolute Gasteiger partial charge is 0.364 e. The van der Waals surface area contributed by atoms with Crippen LogP contribution in [0.2, 0.25) is 0 Å². The number of aromatic nitrogens is 2. The molecule has 8 heteroatoms. The molecular weight excluding hydrogens is 364 g/mol. The first-order valence-electron chi connectivity index (χ1n) is 9.07. The molecule has 142 valence electrons. The Balaban J connectivity index is 1.42. The van der Waals surface area contributed by atoms with Crippen LogP contribution in [0.1, 0.15) is 18.5 Å². The summed E-state index contributed by atoms with van der Waals surface area (Å²) in [7, 11) is -3.61. The lowest BCUT2D eigenvalue weighted by atomic mass is 9.98. The van der Waals surface area contributed by atoms with Gasteiger partial charge in [-0.25, -0.2) is 13.1 Å². The number of nitrogens with zero attached hydrogens (tertiary/aromatic N) is 3. The standard InChI is InChI=1S/C19H22N4O3S/c24-27(25,18-7-1-5-16-6-2-9-20-19(16)18)21-12-15-4-3-10-23(13-15)14-17-8-11-26-22-17/h1-2,5-9,11,15,21H,3-4,10,12-14H2. The van der Waals surface area contributed by atoms with Crippen molar-refractivity contribution < 1.29 is 12.9 Å². The summed E-state index contributed by atoms with van der Waals surface area (Å²) in [6.07, 6.45) is 5.24. The first-order valence-corrected chi connectivity index (χ1v) is 10.6. The van der Waals surface area contributed by atoms with Gasteiger partial charge in [0.2, 0.25) is 10.0 Å². The quantitative estimate of drug-likeness (QED) is 0.700. The molecule has 0 bridgehead atoms. The number of sulfonamides is 1. The number of fused-ring (bicyclic) bond motifs is 1. The Kier molecular flexibility index (Phi) is 5.20. The molecular formula is C19H22N4O3S. The van der Waals surface area contributed by atoms with Crippen LogP contribution in [0, 0.1) is 5.92 Å². The number of pyridine rings is 1. The lowest BCUT2D eigenvalue weighted by Gasteiger charge is -2.32. The third-order valence-corrected chi connectivity index (χ3v) is 6.38. The monoisotopic (exact) mass is 386 g/mol. The van der Waals surface area contributed by atoms with Gasteiger partial charge in [-0.15, -0.1) is 0 Å². The Bertz CT molecular complexity index is 999. The molecule has 1 N–H and O–H groups in total. The van der Waals surface area contributed by atoms with Gasteiger partial charge in [-0.2, -0.15) is 0 Å². The number of benzene rings is 1. The molecule has 1 atom stereocenters. The van der Waals surface area contributed by atoms with Crippen LogP contribution in [-0.2, 0) is 16.6 Å². The molecule has 0 radical (unpaired) electrons. The normalized spacial score (nSPS) is 18.7. The van der Waals surface area contributed by atoms with Gasteiger partial charge in [-0.3, -0.25) is 9.88 Å². The molecule has 1 saturated heterocycles. The highest BCUT2D eigenvalue weighted by Crippen LogP contribution is 2.22. The first kappa shape index (κ1) is 18.1. The molecule has 0 amide bonds. The van der Waals surface area contributed by atoms with Crippen molar-refractivity contribution in [2.75, 3.05) is 19.6 Å². The third kappa shape index (κ3) is 4.18. The minimum atomic E-state index is -3.61. The number of rotatable bonds is 6. The van der Waals surface area contributed by atoms with E-state index in [0.717, 1.165) is 43.6 Å². The van der Waals surface area contributed by atoms with Gasteiger partial charge >= 0.3 is 0 Å². The number of hydrogen-bond donors (Lipinski definition) is 1. The summed E-state index contributed by atoms with van der Waals surface area (Å²) in [5.41, 5.74) is 1.40. The Morgan fingerprint density at radius 2 is 2.11 bits per heavy atom. The van der Waals surface area contributed by atoms with Crippen molar-refractivity contribution in [2.24, 2.45) is 5.92 Å². The van der Waals surface area contributed by atoms with E-state index in [1.807, 2.05) is 18.2 Å². The Morgan fingerprint density at radius 3 is 2.96 bits per heavy atom. The average Bonchev–Trinajstić information content (AvgIpc) is 3.19. The predicted octanol–water partition coefficient (Wildman–Crippen LogP) is 2.41. The maximum Gasteiger partial charge on any atom is 0.242 e. The van der Waals surface area contributed by atoms with Crippen molar-refractivity contribution >= 4 is 20.9 Å². The van der Waals surface area contributed by atoms with Crippen molar-refractivity contribution in [3.05, 3.63) is 54.6 Å². The van der Waals surface area contributed by atoms with Gasteiger partial charge in [0.25, 0.3) is 0 Å². The summed E-state index contributed by atoms with van der Waals surface area (Å²) in [6.45, 7) is 2.97. The minimum absolute atomic E-state index is 0.232. The zero-order valence-corrected chi connectivity index (χ0v) is 15.7. The Morgan fingerprint density at radius 1 is 1.22 bits per heavy atom. The van der Waals surface area contributed by atoms with E-state index in [1.165, 1.54) is 0 Å². The fourth-order valence-corrected chi connectivity index (χ4v) is 4.90. The summed E-state index contributed by atoms with van der Waals surface area (Å²) in [4.78, 5) is 6.78. The van der Waals surface area contributed by atoms with Gasteiger partial charge in [0.1, 0.15) is 11.2 Å². The van der Waals surface area contributed by atoms with Crippen molar-refractivity contribution in [1.29, 1.82) is 0 Å². The van der Waals surface area contributed by atoms with E-state index in [1.54, 1.807) is 30.7 Å². The van der Waals surface area contributed by atoms with Crippen LogP contribution in [0.15, 0.2) is 58.3 Å². The molecule has 3 heterocycles. The topological polar surface area (TPSA) is 88.3 Å². The van der Waals surface area contributed by atoms with Gasteiger partial charge < -0.3 is 4.52 Å². The van der Waals surface area contributed by atoms with E-state index in [4.69, 9.17) is 4.52 Å². The molecule has 1 aliphatic heterocycles. The van der Waals surface area contributed by atoms with Crippen LogP contribution in [0.5, 0.6) is 0 Å². The lowest BCUT2D eigenvalue weighted by Crippen LogP contribution is -2.40. The molecule has 0 spiro atoms. The minimum Gasteiger partial charge on any atom is -0.364 e. The molecule has 7 nitrogen and oxygen atoms in total. The second-order valence-corrected chi connectivity index (χ2v) is 8.65. The highest BCUT2D eigenvalue weighted by atomic mass is 32.2. The van der Waals surface area contributed by atoms with E-state index in [9.17, 15) is 8.42 Å².